The summed E-state index contributed by atoms with van der Waals surface area (Å²) < 4.78 is 13.2. The van der Waals surface area contributed by atoms with E-state index in [1.54, 1.807) is 12.1 Å². The second-order valence-corrected chi connectivity index (χ2v) is 7.17. The minimum atomic E-state index is -0.573. The van der Waals surface area contributed by atoms with Gasteiger partial charge in [-0.3, -0.25) is 10.1 Å². The highest BCUT2D eigenvalue weighted by Gasteiger charge is 2.15. The molecule has 3 aromatic rings. The molecular weight excluding hydrogens is 387 g/mol. The van der Waals surface area contributed by atoms with Crippen LogP contribution in [0.15, 0.2) is 53.7 Å². The minimum Gasteiger partial charge on any atom is -0.334 e. The van der Waals surface area contributed by atoms with Crippen molar-refractivity contribution in [3.8, 4) is 11.1 Å². The number of amides is 3. The lowest BCUT2D eigenvalue weighted by molar-refractivity contribution is -0.117. The molecule has 138 valence electrons. The molecule has 0 spiro atoms. The van der Waals surface area contributed by atoms with Gasteiger partial charge in [-0.05, 0) is 17.7 Å². The summed E-state index contributed by atoms with van der Waals surface area (Å²) in [6.07, 6.45) is 2.95. The molecule has 2 aromatic heterocycles. The van der Waals surface area contributed by atoms with Crippen LogP contribution in [0.1, 0.15) is 0 Å². The van der Waals surface area contributed by atoms with Crippen molar-refractivity contribution >= 4 is 45.3 Å². The van der Waals surface area contributed by atoms with E-state index in [-0.39, 0.29) is 18.1 Å². The molecule has 0 radical (unpaired) electrons. The molecule has 1 aromatic carbocycles. The second kappa shape index (κ2) is 8.74. The lowest BCUT2D eigenvalue weighted by Gasteiger charge is -2.06. The van der Waals surface area contributed by atoms with E-state index < -0.39 is 11.9 Å². The Hall–Kier alpha value is -2.78. The van der Waals surface area contributed by atoms with Crippen LogP contribution in [0.3, 0.4) is 0 Å². The number of imide groups is 1. The van der Waals surface area contributed by atoms with Crippen molar-refractivity contribution < 1.29 is 14.0 Å². The van der Waals surface area contributed by atoms with Gasteiger partial charge in [-0.25, -0.2) is 19.2 Å². The van der Waals surface area contributed by atoms with Gasteiger partial charge in [0.2, 0.25) is 5.91 Å². The summed E-state index contributed by atoms with van der Waals surface area (Å²) in [5, 5.41) is 8.07. The number of thiophene rings is 1. The third kappa shape index (κ3) is 4.69. The maximum atomic E-state index is 13.2. The molecule has 6 nitrogen and oxygen atoms in total. The van der Waals surface area contributed by atoms with Gasteiger partial charge in [-0.1, -0.05) is 30.0 Å². The van der Waals surface area contributed by atoms with Gasteiger partial charge in [0.15, 0.2) is 0 Å². The number of nitrogens with one attached hydrogen (secondary N) is 2. The fraction of sp³-hybridized carbons (Fsp3) is 0.111. The molecule has 27 heavy (non-hydrogen) atoms. The SMILES string of the molecule is C=CCNC(=O)NC(=O)CSc1ncnc2scc(-c3ccc(F)cc3)c12. The van der Waals surface area contributed by atoms with Gasteiger partial charge >= 0.3 is 6.03 Å². The summed E-state index contributed by atoms with van der Waals surface area (Å²) in [5.41, 5.74) is 1.72. The second-order valence-electron chi connectivity index (χ2n) is 5.35. The average Bonchev–Trinajstić information content (AvgIpc) is 3.10. The maximum absolute atomic E-state index is 13.2. The molecule has 3 rings (SSSR count). The van der Waals surface area contributed by atoms with E-state index in [0.717, 1.165) is 21.3 Å². The van der Waals surface area contributed by atoms with E-state index in [0.29, 0.717) is 5.03 Å². The maximum Gasteiger partial charge on any atom is 0.321 e. The molecule has 9 heteroatoms. The van der Waals surface area contributed by atoms with E-state index >= 15 is 0 Å². The van der Waals surface area contributed by atoms with Crippen molar-refractivity contribution in [1.29, 1.82) is 0 Å². The number of fused-ring (bicyclic) bond motifs is 1. The van der Waals surface area contributed by atoms with Crippen LogP contribution in [-0.4, -0.2) is 34.2 Å². The van der Waals surface area contributed by atoms with Crippen LogP contribution in [0.25, 0.3) is 21.3 Å². The molecule has 2 heterocycles. The van der Waals surface area contributed by atoms with E-state index in [2.05, 4.69) is 27.2 Å². The van der Waals surface area contributed by atoms with Crippen molar-refractivity contribution in [3.05, 3.63) is 54.4 Å². The Balaban J connectivity index is 1.78. The zero-order valence-corrected chi connectivity index (χ0v) is 15.7. The standard InChI is InChI=1S/C18H15FN4O2S2/c1-2-7-20-18(25)23-14(24)9-27-17-15-13(8-26-16(15)21-10-22-17)11-3-5-12(19)6-4-11/h2-6,8,10H,1,7,9H2,(H2,20,23,24,25). The van der Waals surface area contributed by atoms with Crippen LogP contribution in [-0.2, 0) is 4.79 Å². The Morgan fingerprint density at radius 2 is 2.04 bits per heavy atom. The molecule has 0 aliphatic carbocycles. The number of nitrogens with zero attached hydrogens (tertiary/aromatic N) is 2. The lowest BCUT2D eigenvalue weighted by Crippen LogP contribution is -2.40. The molecule has 0 fully saturated rings. The topological polar surface area (TPSA) is 84.0 Å². The Labute approximate surface area is 162 Å². The van der Waals surface area contributed by atoms with E-state index in [9.17, 15) is 14.0 Å². The first-order chi connectivity index (χ1) is 13.1. The Bertz CT molecular complexity index is 989. The zero-order chi connectivity index (χ0) is 19.2. The predicted octanol–water partition coefficient (Wildman–Crippen LogP) is 3.60. The first-order valence-electron chi connectivity index (χ1n) is 7.88. The molecule has 0 aliphatic heterocycles. The predicted molar refractivity (Wildman–Crippen MR) is 105 cm³/mol. The van der Waals surface area contributed by atoms with E-state index in [4.69, 9.17) is 0 Å². The number of hydrogen-bond donors (Lipinski definition) is 2. The molecule has 0 unspecified atom stereocenters. The van der Waals surface area contributed by atoms with Crippen molar-refractivity contribution in [1.82, 2.24) is 20.6 Å². The fourth-order valence-corrected chi connectivity index (χ4v) is 4.10. The first-order valence-corrected chi connectivity index (χ1v) is 9.74. The third-order valence-electron chi connectivity index (χ3n) is 3.49. The van der Waals surface area contributed by atoms with Gasteiger partial charge in [-0.15, -0.1) is 17.9 Å². The minimum absolute atomic E-state index is 0.0202. The summed E-state index contributed by atoms with van der Waals surface area (Å²) in [5.74, 6) is -0.728. The van der Waals surface area contributed by atoms with Crippen LogP contribution >= 0.6 is 23.1 Å². The van der Waals surface area contributed by atoms with Crippen molar-refractivity contribution in [2.24, 2.45) is 0 Å². The number of carbonyl (C=O) groups excluding carboxylic acids is 2. The summed E-state index contributed by atoms with van der Waals surface area (Å²) in [6.45, 7) is 3.76. The molecule has 3 amide bonds. The monoisotopic (exact) mass is 402 g/mol. The molecule has 0 aliphatic rings. The molecular formula is C18H15FN4O2S2. The van der Waals surface area contributed by atoms with Gasteiger partial charge in [-0.2, -0.15) is 0 Å². The van der Waals surface area contributed by atoms with Gasteiger partial charge < -0.3 is 5.32 Å². The van der Waals surface area contributed by atoms with Gasteiger partial charge in [0, 0.05) is 17.5 Å². The fourth-order valence-electron chi connectivity index (χ4n) is 2.30. The number of rotatable bonds is 6. The smallest absolute Gasteiger partial charge is 0.321 e. The average molecular weight is 402 g/mol. The highest BCUT2D eigenvalue weighted by molar-refractivity contribution is 8.00. The molecule has 0 atom stereocenters. The zero-order valence-electron chi connectivity index (χ0n) is 14.1. The van der Waals surface area contributed by atoms with E-state index in [1.807, 2.05) is 5.38 Å². The number of urea groups is 1. The van der Waals surface area contributed by atoms with Crippen molar-refractivity contribution in [3.63, 3.8) is 0 Å². The summed E-state index contributed by atoms with van der Waals surface area (Å²) in [6, 6.07) is 5.59. The normalized spacial score (nSPS) is 10.6. The van der Waals surface area contributed by atoms with E-state index in [1.165, 1.54) is 47.6 Å². The number of carbonyl (C=O) groups is 2. The third-order valence-corrected chi connectivity index (χ3v) is 5.37. The lowest BCUT2D eigenvalue weighted by atomic mass is 10.1. The van der Waals surface area contributed by atoms with Crippen LogP contribution in [0.5, 0.6) is 0 Å². The molecule has 0 saturated carbocycles. The van der Waals surface area contributed by atoms with Crippen molar-refractivity contribution in [2.45, 2.75) is 5.03 Å². The Morgan fingerprint density at radius 3 is 2.78 bits per heavy atom. The quantitative estimate of drug-likeness (QED) is 0.374. The number of thioether (sulfide) groups is 1. The Morgan fingerprint density at radius 1 is 1.26 bits per heavy atom. The van der Waals surface area contributed by atoms with Crippen LogP contribution < -0.4 is 10.6 Å². The van der Waals surface area contributed by atoms with Gasteiger partial charge in [0.1, 0.15) is 22.0 Å². The van der Waals surface area contributed by atoms with Crippen LogP contribution in [0.4, 0.5) is 9.18 Å². The van der Waals surface area contributed by atoms with Gasteiger partial charge in [0.25, 0.3) is 0 Å². The Kier molecular flexibility index (Phi) is 6.15. The highest BCUT2D eigenvalue weighted by Crippen LogP contribution is 2.37. The van der Waals surface area contributed by atoms with Gasteiger partial charge in [0.05, 0.1) is 11.1 Å². The highest BCUT2D eigenvalue weighted by atomic mass is 32.2. The van der Waals surface area contributed by atoms with Crippen LogP contribution in [0, 0.1) is 5.82 Å². The molecule has 0 bridgehead atoms. The van der Waals surface area contributed by atoms with Crippen molar-refractivity contribution in [2.75, 3.05) is 12.3 Å². The largest absolute Gasteiger partial charge is 0.334 e. The first kappa shape index (κ1) is 19.0. The summed E-state index contributed by atoms with van der Waals surface area (Å²) in [4.78, 5) is 32.8. The molecule has 2 N–H and O–H groups in total. The number of benzene rings is 1. The van der Waals surface area contributed by atoms with Crippen LogP contribution in [0.2, 0.25) is 0 Å². The summed E-state index contributed by atoms with van der Waals surface area (Å²) >= 11 is 2.66. The summed E-state index contributed by atoms with van der Waals surface area (Å²) in [7, 11) is 0. The number of aromatic nitrogens is 2. The molecule has 0 saturated heterocycles. The number of hydrogen-bond acceptors (Lipinski definition) is 6. The number of halogens is 1.